The number of rotatable bonds is 2. The minimum atomic E-state index is 0.0506. The van der Waals surface area contributed by atoms with Crippen LogP contribution in [0.2, 0.25) is 0 Å². The monoisotopic (exact) mass is 313 g/mol. The second-order valence-electron chi connectivity index (χ2n) is 7.66. The number of hydrogen-bond acceptors (Lipinski definition) is 6. The van der Waals surface area contributed by atoms with Gasteiger partial charge in [-0.15, -0.1) is 0 Å². The summed E-state index contributed by atoms with van der Waals surface area (Å²) in [6, 6.07) is 2.90. The summed E-state index contributed by atoms with van der Waals surface area (Å²) in [7, 11) is 0. The first-order chi connectivity index (χ1) is 11.0. The molecule has 2 unspecified atom stereocenters. The normalized spacial score (nSPS) is 24.3. The van der Waals surface area contributed by atoms with E-state index in [-0.39, 0.29) is 5.41 Å². The average Bonchev–Trinajstić information content (AvgIpc) is 3.21. The molecule has 2 saturated heterocycles. The highest BCUT2D eigenvalue weighted by molar-refractivity contribution is 5.43. The van der Waals surface area contributed by atoms with Gasteiger partial charge in [0.2, 0.25) is 0 Å². The van der Waals surface area contributed by atoms with Crippen LogP contribution in [0.5, 0.6) is 0 Å². The molecule has 4 heterocycles. The van der Waals surface area contributed by atoms with Crippen LogP contribution >= 0.6 is 0 Å². The predicted octanol–water partition coefficient (Wildman–Crippen LogP) is 2.33. The first kappa shape index (κ1) is 14.5. The molecule has 23 heavy (non-hydrogen) atoms. The molecule has 122 valence electrons. The molecule has 4 rings (SSSR count). The zero-order valence-electron chi connectivity index (χ0n) is 13.9. The zero-order valence-corrected chi connectivity index (χ0v) is 13.9. The summed E-state index contributed by atoms with van der Waals surface area (Å²) in [5.41, 5.74) is 1.15. The highest BCUT2D eigenvalue weighted by Gasteiger charge is 2.41. The Labute approximate surface area is 136 Å². The smallest absolute Gasteiger partial charge is 0.297 e. The Hall–Kier alpha value is -2.11. The maximum absolute atomic E-state index is 5.43. The summed E-state index contributed by atoms with van der Waals surface area (Å²) < 4.78 is 5.43. The predicted molar refractivity (Wildman–Crippen MR) is 88.6 cm³/mol. The highest BCUT2D eigenvalue weighted by Crippen LogP contribution is 2.35. The van der Waals surface area contributed by atoms with Gasteiger partial charge < -0.3 is 14.2 Å². The van der Waals surface area contributed by atoms with Crippen LogP contribution in [0.4, 0.5) is 11.8 Å². The SMILES string of the molecule is CC(C)(C)c1cc(N2CC3CN(c4ncco4)CC3C2)ncn1. The fourth-order valence-electron chi connectivity index (χ4n) is 3.64. The van der Waals surface area contributed by atoms with E-state index in [4.69, 9.17) is 4.42 Å². The number of nitrogens with zero attached hydrogens (tertiary/aromatic N) is 5. The molecule has 0 N–H and O–H groups in total. The molecule has 0 amide bonds. The number of anilines is 2. The topological polar surface area (TPSA) is 58.3 Å². The zero-order chi connectivity index (χ0) is 16.0. The van der Waals surface area contributed by atoms with Crippen molar-refractivity contribution in [2.24, 2.45) is 11.8 Å². The molecule has 0 radical (unpaired) electrons. The lowest BCUT2D eigenvalue weighted by atomic mass is 9.92. The quantitative estimate of drug-likeness (QED) is 0.848. The van der Waals surface area contributed by atoms with E-state index in [1.54, 1.807) is 18.8 Å². The van der Waals surface area contributed by atoms with E-state index in [1.807, 2.05) is 0 Å². The summed E-state index contributed by atoms with van der Waals surface area (Å²) >= 11 is 0. The molecule has 6 heteroatoms. The van der Waals surface area contributed by atoms with Gasteiger partial charge in [0.05, 0.1) is 11.9 Å². The van der Waals surface area contributed by atoms with E-state index >= 15 is 0 Å². The van der Waals surface area contributed by atoms with Crippen molar-refractivity contribution in [3.05, 3.63) is 30.5 Å². The van der Waals surface area contributed by atoms with Crippen LogP contribution in [0.3, 0.4) is 0 Å². The lowest BCUT2D eigenvalue weighted by Crippen LogP contribution is -2.29. The molecule has 2 aromatic heterocycles. The third-order valence-corrected chi connectivity index (χ3v) is 4.92. The van der Waals surface area contributed by atoms with E-state index in [1.165, 1.54) is 0 Å². The van der Waals surface area contributed by atoms with Gasteiger partial charge in [-0.1, -0.05) is 20.8 Å². The summed E-state index contributed by atoms with van der Waals surface area (Å²) in [5.74, 6) is 2.35. The van der Waals surface area contributed by atoms with E-state index in [9.17, 15) is 0 Å². The molecular formula is C17H23N5O. The molecule has 0 bridgehead atoms. The Kier molecular flexibility index (Phi) is 3.28. The van der Waals surface area contributed by atoms with E-state index in [2.05, 4.69) is 51.6 Å². The fraction of sp³-hybridized carbons (Fsp3) is 0.588. The standard InChI is InChI=1S/C17H23N5O/c1-17(2,3)14-6-15(20-11-19-14)21-7-12-9-22(10-13(12)8-21)16-18-4-5-23-16/h4-6,11-13H,7-10H2,1-3H3. The molecule has 2 fully saturated rings. The van der Waals surface area contributed by atoms with Gasteiger partial charge in [-0.05, 0) is 0 Å². The van der Waals surface area contributed by atoms with Crippen LogP contribution in [0.15, 0.2) is 29.3 Å². The lowest BCUT2D eigenvalue weighted by molar-refractivity contribution is 0.533. The molecule has 0 aromatic carbocycles. The van der Waals surface area contributed by atoms with Gasteiger partial charge in [0, 0.05) is 49.5 Å². The number of aromatic nitrogens is 3. The first-order valence-electron chi connectivity index (χ1n) is 8.22. The number of oxazole rings is 1. The summed E-state index contributed by atoms with van der Waals surface area (Å²) in [6.45, 7) is 10.7. The van der Waals surface area contributed by atoms with E-state index in [0.29, 0.717) is 11.8 Å². The van der Waals surface area contributed by atoms with Crippen LogP contribution in [0.25, 0.3) is 0 Å². The van der Waals surface area contributed by atoms with E-state index < -0.39 is 0 Å². The third-order valence-electron chi connectivity index (χ3n) is 4.92. The Morgan fingerprint density at radius 2 is 1.70 bits per heavy atom. The maximum Gasteiger partial charge on any atom is 0.297 e. The second-order valence-corrected chi connectivity index (χ2v) is 7.66. The van der Waals surface area contributed by atoms with Crippen molar-refractivity contribution >= 4 is 11.8 Å². The van der Waals surface area contributed by atoms with Crippen molar-refractivity contribution in [3.8, 4) is 0 Å². The Morgan fingerprint density at radius 3 is 2.30 bits per heavy atom. The minimum absolute atomic E-state index is 0.0506. The molecule has 0 saturated carbocycles. The van der Waals surface area contributed by atoms with Gasteiger partial charge in [-0.2, -0.15) is 0 Å². The van der Waals surface area contributed by atoms with Crippen molar-refractivity contribution in [2.75, 3.05) is 36.0 Å². The molecule has 2 aromatic rings. The van der Waals surface area contributed by atoms with Crippen molar-refractivity contribution < 1.29 is 4.42 Å². The van der Waals surface area contributed by atoms with Crippen LogP contribution < -0.4 is 9.80 Å². The number of hydrogen-bond donors (Lipinski definition) is 0. The fourth-order valence-corrected chi connectivity index (χ4v) is 3.64. The van der Waals surface area contributed by atoms with Gasteiger partial charge in [0.25, 0.3) is 6.01 Å². The molecule has 6 nitrogen and oxygen atoms in total. The Bertz CT molecular complexity index is 665. The van der Waals surface area contributed by atoms with Gasteiger partial charge in [-0.3, -0.25) is 0 Å². The van der Waals surface area contributed by atoms with Gasteiger partial charge in [0.1, 0.15) is 18.4 Å². The van der Waals surface area contributed by atoms with Gasteiger partial charge in [0.15, 0.2) is 0 Å². The summed E-state index contributed by atoms with van der Waals surface area (Å²) in [4.78, 5) is 17.9. The molecule has 0 spiro atoms. The lowest BCUT2D eigenvalue weighted by Gasteiger charge is -2.23. The van der Waals surface area contributed by atoms with Crippen molar-refractivity contribution in [1.82, 2.24) is 15.0 Å². The van der Waals surface area contributed by atoms with Gasteiger partial charge >= 0.3 is 0 Å². The van der Waals surface area contributed by atoms with Crippen LogP contribution in [-0.4, -0.2) is 41.1 Å². The largest absolute Gasteiger partial charge is 0.432 e. The molecule has 2 atom stereocenters. The van der Waals surface area contributed by atoms with Gasteiger partial charge in [-0.25, -0.2) is 15.0 Å². The summed E-state index contributed by atoms with van der Waals surface area (Å²) in [5, 5.41) is 0. The summed E-state index contributed by atoms with van der Waals surface area (Å²) in [6.07, 6.45) is 5.05. The van der Waals surface area contributed by atoms with Crippen LogP contribution in [0.1, 0.15) is 26.5 Å². The Balaban J connectivity index is 1.47. The average molecular weight is 313 g/mol. The van der Waals surface area contributed by atoms with E-state index in [0.717, 1.165) is 43.7 Å². The van der Waals surface area contributed by atoms with Crippen LogP contribution in [0, 0.1) is 11.8 Å². The van der Waals surface area contributed by atoms with Crippen LogP contribution in [-0.2, 0) is 5.41 Å². The molecule has 2 aliphatic heterocycles. The maximum atomic E-state index is 5.43. The molecule has 0 aliphatic carbocycles. The third kappa shape index (κ3) is 2.66. The number of fused-ring (bicyclic) bond motifs is 1. The Morgan fingerprint density at radius 1 is 1.00 bits per heavy atom. The molecular weight excluding hydrogens is 290 g/mol. The van der Waals surface area contributed by atoms with Crippen molar-refractivity contribution in [2.45, 2.75) is 26.2 Å². The van der Waals surface area contributed by atoms with Crippen molar-refractivity contribution in [3.63, 3.8) is 0 Å². The molecule has 2 aliphatic rings. The second kappa shape index (κ2) is 5.22. The minimum Gasteiger partial charge on any atom is -0.432 e. The highest BCUT2D eigenvalue weighted by atomic mass is 16.4. The van der Waals surface area contributed by atoms with Crippen molar-refractivity contribution in [1.29, 1.82) is 0 Å². The first-order valence-corrected chi connectivity index (χ1v) is 8.22.